The first-order chi connectivity index (χ1) is 18.4. The highest BCUT2D eigenvalue weighted by molar-refractivity contribution is 6.76. The lowest BCUT2D eigenvalue weighted by atomic mass is 9.93. The maximum atomic E-state index is 10.6. The Labute approximate surface area is 227 Å². The molecule has 3 heterocycles. The molecule has 0 radical (unpaired) electrons. The van der Waals surface area contributed by atoms with Crippen LogP contribution in [0.3, 0.4) is 0 Å². The van der Waals surface area contributed by atoms with Gasteiger partial charge in [-0.05, 0) is 43.2 Å². The summed E-state index contributed by atoms with van der Waals surface area (Å²) in [7, 11) is -1.10. The van der Waals surface area contributed by atoms with Gasteiger partial charge in [-0.1, -0.05) is 45.3 Å². The van der Waals surface area contributed by atoms with Crippen molar-refractivity contribution >= 4 is 25.1 Å². The Morgan fingerprint density at radius 2 is 1.90 bits per heavy atom. The molecule has 39 heavy (non-hydrogen) atoms. The lowest BCUT2D eigenvalue weighted by molar-refractivity contribution is -0.192. The number of carbonyl (C=O) groups is 1. The van der Waals surface area contributed by atoms with Crippen molar-refractivity contribution in [1.29, 1.82) is 0 Å². The molecule has 0 aliphatic heterocycles. The number of nitrogens with zero attached hydrogens (tertiary/aromatic N) is 4. The van der Waals surface area contributed by atoms with E-state index in [1.807, 2.05) is 12.4 Å². The van der Waals surface area contributed by atoms with Gasteiger partial charge in [-0.3, -0.25) is 4.68 Å². The zero-order valence-corrected chi connectivity index (χ0v) is 23.8. The smallest absolute Gasteiger partial charge is 0.475 e. The molecule has 214 valence electrons. The molecule has 1 unspecified atom stereocenters. The fourth-order valence-corrected chi connectivity index (χ4v) is 5.77. The van der Waals surface area contributed by atoms with Crippen molar-refractivity contribution in [2.75, 3.05) is 6.61 Å². The SMILES string of the molecule is C[Si](C)(C)CCOCc1nc(-c2cnn(C(CC3CC3)C3CCCC3)c2)c2cc[nH]c2n1.O=C(O)C(F)(F)F. The monoisotopic (exact) mass is 565 g/mol. The van der Waals surface area contributed by atoms with Gasteiger partial charge in [-0.15, -0.1) is 0 Å². The van der Waals surface area contributed by atoms with E-state index >= 15 is 0 Å². The number of aromatic amines is 1. The van der Waals surface area contributed by atoms with Gasteiger partial charge in [-0.2, -0.15) is 18.3 Å². The number of aromatic nitrogens is 5. The van der Waals surface area contributed by atoms with Crippen LogP contribution in [0.4, 0.5) is 13.2 Å². The van der Waals surface area contributed by atoms with Crippen molar-refractivity contribution < 1.29 is 27.8 Å². The van der Waals surface area contributed by atoms with Crippen molar-refractivity contribution in [3.05, 3.63) is 30.5 Å². The summed E-state index contributed by atoms with van der Waals surface area (Å²) < 4.78 is 39.9. The molecular formula is C27H38F3N5O3Si. The highest BCUT2D eigenvalue weighted by Crippen LogP contribution is 2.44. The van der Waals surface area contributed by atoms with Gasteiger partial charge < -0.3 is 14.8 Å². The average molecular weight is 566 g/mol. The molecule has 3 aromatic heterocycles. The summed E-state index contributed by atoms with van der Waals surface area (Å²) in [6.45, 7) is 8.34. The number of nitrogens with one attached hydrogen (secondary N) is 1. The van der Waals surface area contributed by atoms with Gasteiger partial charge in [0, 0.05) is 38.0 Å². The molecule has 0 spiro atoms. The lowest BCUT2D eigenvalue weighted by Crippen LogP contribution is -2.21. The highest BCUT2D eigenvalue weighted by atomic mass is 28.3. The number of fused-ring (bicyclic) bond motifs is 1. The molecule has 2 N–H and O–H groups in total. The van der Waals surface area contributed by atoms with Crippen molar-refractivity contribution in [3.8, 4) is 11.3 Å². The maximum absolute atomic E-state index is 10.6. The van der Waals surface area contributed by atoms with E-state index in [2.05, 4.69) is 41.6 Å². The number of ether oxygens (including phenoxy) is 1. The normalized spacial score (nSPS) is 17.3. The first kappa shape index (κ1) is 29.3. The molecule has 1 atom stereocenters. The standard InChI is InChI=1S/C25H37N5OSi.C2HF3O2/c1-32(2,3)13-12-31-17-23-28-24(21-10-11-26-25(21)29-23)20-15-27-30(16-20)22(14-18-8-9-18)19-6-4-5-7-19;3-2(4,5)1(6)7/h10-11,15-16,18-19,22H,4-9,12-14,17H2,1-3H3,(H,26,28,29);(H,6,7). The largest absolute Gasteiger partial charge is 0.490 e. The van der Waals surface area contributed by atoms with E-state index < -0.39 is 20.2 Å². The van der Waals surface area contributed by atoms with Crippen molar-refractivity contribution in [2.24, 2.45) is 11.8 Å². The fraction of sp³-hybridized carbons (Fsp3) is 0.630. The van der Waals surface area contributed by atoms with Gasteiger partial charge in [0.15, 0.2) is 5.82 Å². The van der Waals surface area contributed by atoms with Crippen LogP contribution in [0.15, 0.2) is 24.7 Å². The minimum atomic E-state index is -5.08. The molecule has 5 rings (SSSR count). The van der Waals surface area contributed by atoms with Crippen molar-refractivity contribution in [1.82, 2.24) is 24.7 Å². The van der Waals surface area contributed by atoms with Gasteiger partial charge in [-0.25, -0.2) is 14.8 Å². The number of rotatable bonds is 10. The maximum Gasteiger partial charge on any atom is 0.490 e. The third-order valence-corrected chi connectivity index (χ3v) is 9.07. The summed E-state index contributed by atoms with van der Waals surface area (Å²) in [6.07, 6.45) is 10.6. The minimum absolute atomic E-state index is 0.451. The molecular weight excluding hydrogens is 527 g/mol. The molecule has 0 amide bonds. The van der Waals surface area contributed by atoms with Gasteiger partial charge in [0.05, 0.1) is 17.9 Å². The van der Waals surface area contributed by atoms with Crippen LogP contribution in [0.1, 0.15) is 56.8 Å². The zero-order chi connectivity index (χ0) is 28.2. The Morgan fingerprint density at radius 3 is 2.51 bits per heavy atom. The predicted octanol–water partition coefficient (Wildman–Crippen LogP) is 6.84. The summed E-state index contributed by atoms with van der Waals surface area (Å²) in [4.78, 5) is 21.8. The average Bonchev–Trinajstić information content (AvgIpc) is 3.27. The van der Waals surface area contributed by atoms with Crippen LogP contribution in [0.5, 0.6) is 0 Å². The summed E-state index contributed by atoms with van der Waals surface area (Å²) in [5, 5.41) is 13.0. The van der Waals surface area contributed by atoms with E-state index in [-0.39, 0.29) is 0 Å². The fourth-order valence-electron chi connectivity index (χ4n) is 5.01. The molecule has 2 aliphatic rings. The van der Waals surface area contributed by atoms with E-state index in [0.29, 0.717) is 12.6 Å². The van der Waals surface area contributed by atoms with Crippen LogP contribution in [-0.2, 0) is 16.1 Å². The topological polar surface area (TPSA) is 106 Å². The molecule has 0 saturated heterocycles. The first-order valence-corrected chi connectivity index (χ1v) is 17.4. The van der Waals surface area contributed by atoms with Gasteiger partial charge in [0.1, 0.15) is 12.3 Å². The van der Waals surface area contributed by atoms with Crippen LogP contribution in [0.25, 0.3) is 22.3 Å². The van der Waals surface area contributed by atoms with Gasteiger partial charge in [0.2, 0.25) is 0 Å². The molecule has 2 saturated carbocycles. The number of halogens is 3. The molecule has 0 aromatic carbocycles. The Morgan fingerprint density at radius 1 is 1.21 bits per heavy atom. The zero-order valence-electron chi connectivity index (χ0n) is 22.8. The van der Waals surface area contributed by atoms with Crippen LogP contribution in [0, 0.1) is 11.8 Å². The molecule has 2 aliphatic carbocycles. The molecule has 12 heteroatoms. The predicted molar refractivity (Wildman–Crippen MR) is 145 cm³/mol. The molecule has 3 aromatic rings. The first-order valence-electron chi connectivity index (χ1n) is 13.7. The molecule has 0 bridgehead atoms. The Bertz CT molecular complexity index is 1240. The Kier molecular flexibility index (Phi) is 9.15. The van der Waals surface area contributed by atoms with Gasteiger partial charge in [0.25, 0.3) is 0 Å². The van der Waals surface area contributed by atoms with E-state index in [1.54, 1.807) is 0 Å². The van der Waals surface area contributed by atoms with Crippen molar-refractivity contribution in [2.45, 2.75) is 89.5 Å². The van der Waals surface area contributed by atoms with E-state index in [4.69, 9.17) is 29.7 Å². The number of carboxylic acid groups (broad SMARTS) is 1. The Balaban J connectivity index is 0.000000448. The highest BCUT2D eigenvalue weighted by Gasteiger charge is 2.38. The summed E-state index contributed by atoms with van der Waals surface area (Å²) >= 11 is 0. The number of aliphatic carboxylic acids is 1. The van der Waals surface area contributed by atoms with Crippen LogP contribution in [0.2, 0.25) is 25.7 Å². The number of hydrogen-bond donors (Lipinski definition) is 2. The number of hydrogen-bond acceptors (Lipinski definition) is 5. The van der Waals surface area contributed by atoms with E-state index in [1.165, 1.54) is 44.9 Å². The lowest BCUT2D eigenvalue weighted by Gasteiger charge is -2.24. The van der Waals surface area contributed by atoms with E-state index in [0.717, 1.165) is 52.6 Å². The summed E-state index contributed by atoms with van der Waals surface area (Å²) in [6, 6.07) is 3.75. The van der Waals surface area contributed by atoms with E-state index in [9.17, 15) is 13.2 Å². The minimum Gasteiger partial charge on any atom is -0.475 e. The number of carboxylic acids is 1. The Hall–Kier alpha value is -2.73. The summed E-state index contributed by atoms with van der Waals surface area (Å²) in [5.74, 6) is -0.337. The second kappa shape index (κ2) is 12.2. The second-order valence-electron chi connectivity index (χ2n) is 11.9. The number of alkyl halides is 3. The molecule has 8 nitrogen and oxygen atoms in total. The summed E-state index contributed by atoms with van der Waals surface area (Å²) in [5.41, 5.74) is 2.92. The van der Waals surface area contributed by atoms with Crippen molar-refractivity contribution in [3.63, 3.8) is 0 Å². The third kappa shape index (κ3) is 8.37. The van der Waals surface area contributed by atoms with Gasteiger partial charge >= 0.3 is 12.1 Å². The van der Waals surface area contributed by atoms with Crippen LogP contribution in [-0.4, -0.2) is 56.7 Å². The van der Waals surface area contributed by atoms with Crippen LogP contribution < -0.4 is 0 Å². The second-order valence-corrected chi connectivity index (χ2v) is 17.5. The third-order valence-electron chi connectivity index (χ3n) is 7.36. The number of H-pyrrole nitrogens is 1. The molecule has 2 fully saturated rings. The van der Waals surface area contributed by atoms with Crippen LogP contribution >= 0.6 is 0 Å². The quantitative estimate of drug-likeness (QED) is 0.206.